The molecule has 0 aliphatic rings. The van der Waals surface area contributed by atoms with E-state index in [1.807, 2.05) is 6.92 Å². The lowest BCUT2D eigenvalue weighted by Crippen LogP contribution is -2.15. The van der Waals surface area contributed by atoms with Gasteiger partial charge in [-0.25, -0.2) is 13.2 Å². The monoisotopic (exact) mass is 448 g/mol. The summed E-state index contributed by atoms with van der Waals surface area (Å²) in [5.74, 6) is -13.7. The third-order valence-corrected chi connectivity index (χ3v) is 3.67. The maximum Gasteiger partial charge on any atom is 0.339 e. The molecule has 0 atom stereocenters. The van der Waals surface area contributed by atoms with Gasteiger partial charge in [-0.1, -0.05) is 47.7 Å². The highest BCUT2D eigenvalue weighted by Crippen LogP contribution is 2.31. The largest absolute Gasteiger partial charge is 0.372 e. The van der Waals surface area contributed by atoms with Crippen LogP contribution in [0.15, 0.2) is 35.8 Å². The molecule has 0 saturated carbocycles. The highest BCUT2D eigenvalue weighted by molar-refractivity contribution is 9.09. The molecule has 0 radical (unpaired) electrons. The summed E-state index contributed by atoms with van der Waals surface area (Å²) in [6.07, 6.45) is 4.35. The Kier molecular flexibility index (Phi) is 9.65. The molecule has 1 aromatic carbocycles. The van der Waals surface area contributed by atoms with Crippen LogP contribution in [0, 0.1) is 29.1 Å². The van der Waals surface area contributed by atoms with Gasteiger partial charge in [0.1, 0.15) is 4.91 Å². The molecule has 0 aliphatic heterocycles. The second-order valence-corrected chi connectivity index (χ2v) is 6.66. The average Bonchev–Trinajstić information content (AvgIpc) is 2.56. The minimum Gasteiger partial charge on any atom is -0.372 e. The maximum atomic E-state index is 13.4. The highest BCUT2D eigenvalue weighted by atomic mass is 79.9. The van der Waals surface area contributed by atoms with E-state index in [0.717, 1.165) is 17.5 Å². The third kappa shape index (κ3) is 5.96. The molecule has 0 spiro atoms. The Morgan fingerprint density at radius 3 is 1.84 bits per heavy atom. The Hall–Kier alpha value is -1.68. The Balaban J connectivity index is 0.00000178. The quantitative estimate of drug-likeness (QED) is 0.156. The van der Waals surface area contributed by atoms with Crippen LogP contribution in [0.25, 0.3) is 0 Å². The zero-order chi connectivity index (χ0) is 19.8. The van der Waals surface area contributed by atoms with Crippen LogP contribution in [-0.4, -0.2) is 13.7 Å². The molecule has 0 fully saturated rings. The molecule has 0 amide bonds. The van der Waals surface area contributed by atoms with E-state index < -0.39 is 49.9 Å². The predicted octanol–water partition coefficient (Wildman–Crippen LogP) is 5.14. The molecule has 3 nitrogen and oxygen atoms in total. The van der Waals surface area contributed by atoms with Gasteiger partial charge in [0.05, 0.1) is 0 Å². The minimum absolute atomic E-state index is 0.559. The van der Waals surface area contributed by atoms with Crippen LogP contribution in [0.2, 0.25) is 0 Å². The number of benzene rings is 1. The van der Waals surface area contributed by atoms with Gasteiger partial charge in [-0.15, -0.1) is 0 Å². The van der Waals surface area contributed by atoms with Crippen LogP contribution in [0.1, 0.15) is 13.8 Å². The molecule has 10 heteroatoms. The molecule has 140 valence electrons. The second kappa shape index (κ2) is 10.3. The van der Waals surface area contributed by atoms with Crippen molar-refractivity contribution in [2.75, 3.05) is 5.33 Å². The van der Waals surface area contributed by atoms with Crippen molar-refractivity contribution in [3.05, 3.63) is 64.9 Å². The maximum absolute atomic E-state index is 13.4. The van der Waals surface area contributed by atoms with E-state index in [9.17, 15) is 30.4 Å². The molecule has 0 N–H and O–H groups in total. The fourth-order valence-corrected chi connectivity index (χ4v) is 2.30. The lowest BCUT2D eigenvalue weighted by atomic mass is 10.3. The molecule has 0 aromatic heterocycles. The van der Waals surface area contributed by atoms with E-state index >= 15 is 0 Å². The van der Waals surface area contributed by atoms with Crippen LogP contribution in [-0.2, 0) is 10.1 Å². The molecule has 0 unspecified atom stereocenters. The van der Waals surface area contributed by atoms with Crippen LogP contribution in [0.4, 0.5) is 22.0 Å². The van der Waals surface area contributed by atoms with Gasteiger partial charge < -0.3 is 4.18 Å². The van der Waals surface area contributed by atoms with Crippen LogP contribution < -0.4 is 4.18 Å². The summed E-state index contributed by atoms with van der Waals surface area (Å²) in [6.45, 7) is 6.59. The van der Waals surface area contributed by atoms with Crippen molar-refractivity contribution in [2.45, 2.75) is 13.8 Å². The normalized spacial score (nSPS) is 11.9. The molecular weight excluding hydrogens is 435 g/mol. The van der Waals surface area contributed by atoms with Crippen LogP contribution >= 0.6 is 15.9 Å². The van der Waals surface area contributed by atoms with Gasteiger partial charge in [-0.3, -0.25) is 0 Å². The van der Waals surface area contributed by atoms with Crippen molar-refractivity contribution in [3.63, 3.8) is 0 Å². The lowest BCUT2D eigenvalue weighted by Gasteiger charge is -2.10. The first-order valence-electron chi connectivity index (χ1n) is 6.56. The Morgan fingerprint density at radius 2 is 1.48 bits per heavy atom. The number of halogens is 6. The zero-order valence-electron chi connectivity index (χ0n) is 13.1. The summed E-state index contributed by atoms with van der Waals surface area (Å²) >= 11 is 3.15. The van der Waals surface area contributed by atoms with Crippen molar-refractivity contribution < 1.29 is 34.6 Å². The Labute approximate surface area is 150 Å². The van der Waals surface area contributed by atoms with Crippen molar-refractivity contribution in [3.8, 4) is 5.75 Å². The van der Waals surface area contributed by atoms with Gasteiger partial charge in [0, 0.05) is 5.33 Å². The fraction of sp³-hybridized carbons (Fsp3) is 0.200. The molecule has 0 saturated heterocycles. The fourth-order valence-electron chi connectivity index (χ4n) is 1.30. The van der Waals surface area contributed by atoms with Gasteiger partial charge in [0.25, 0.3) is 0 Å². The lowest BCUT2D eigenvalue weighted by molar-refractivity contribution is 0.348. The average molecular weight is 449 g/mol. The predicted molar refractivity (Wildman–Crippen MR) is 88.3 cm³/mol. The third-order valence-electron chi connectivity index (χ3n) is 2.33. The molecular formula is C15H14BrF5O3S. The molecule has 25 heavy (non-hydrogen) atoms. The van der Waals surface area contributed by atoms with Gasteiger partial charge in [0.2, 0.25) is 34.8 Å². The summed E-state index contributed by atoms with van der Waals surface area (Å²) in [5, 5.41) is 1.06. The smallest absolute Gasteiger partial charge is 0.339 e. The first kappa shape index (κ1) is 23.3. The van der Waals surface area contributed by atoms with Crippen molar-refractivity contribution >= 4 is 26.0 Å². The summed E-state index contributed by atoms with van der Waals surface area (Å²) in [6, 6.07) is 0. The van der Waals surface area contributed by atoms with Crippen LogP contribution in [0.3, 0.4) is 0 Å². The van der Waals surface area contributed by atoms with E-state index in [1.165, 1.54) is 19.1 Å². The number of alkyl halides is 1. The van der Waals surface area contributed by atoms with E-state index in [4.69, 9.17) is 0 Å². The summed E-state index contributed by atoms with van der Waals surface area (Å²) in [7, 11) is -4.80. The van der Waals surface area contributed by atoms with Gasteiger partial charge in [0.15, 0.2) is 0 Å². The SMILES string of the molecule is C=C/C=C\C(=C/C)S(=O)(=O)Oc1c(F)c(F)c(F)c(F)c1F.CCBr. The van der Waals surface area contributed by atoms with Crippen LogP contribution in [0.5, 0.6) is 5.75 Å². The number of rotatable bonds is 5. The Bertz CT molecular complexity index is 760. The first-order chi connectivity index (χ1) is 11.6. The topological polar surface area (TPSA) is 43.4 Å². The standard InChI is InChI=1S/C13H9F5O3S.C2H5Br/c1-3-5-6-7(4-2)22(19,20)21-13-11(17)9(15)8(14)10(16)12(13)18;1-2-3/h3-6H,1H2,2H3;2H2,1H3/b6-5-,7-4+;. The van der Waals surface area contributed by atoms with E-state index in [1.54, 1.807) is 0 Å². The van der Waals surface area contributed by atoms with Gasteiger partial charge in [-0.2, -0.15) is 17.2 Å². The molecule has 0 heterocycles. The van der Waals surface area contributed by atoms with E-state index in [-0.39, 0.29) is 0 Å². The molecule has 0 aliphatic carbocycles. The molecule has 1 rings (SSSR count). The number of allylic oxidation sites excluding steroid dienone is 4. The number of hydrogen-bond acceptors (Lipinski definition) is 3. The summed E-state index contributed by atoms with van der Waals surface area (Å²) in [4.78, 5) is -0.559. The van der Waals surface area contributed by atoms with E-state index in [0.29, 0.717) is 0 Å². The minimum atomic E-state index is -4.80. The van der Waals surface area contributed by atoms with E-state index in [2.05, 4.69) is 26.7 Å². The highest BCUT2D eigenvalue weighted by Gasteiger charge is 2.31. The summed E-state index contributed by atoms with van der Waals surface area (Å²) in [5.41, 5.74) is 0. The number of hydrogen-bond donors (Lipinski definition) is 0. The molecule has 1 aromatic rings. The second-order valence-electron chi connectivity index (χ2n) is 3.99. The van der Waals surface area contributed by atoms with Gasteiger partial charge in [-0.05, 0) is 13.0 Å². The van der Waals surface area contributed by atoms with Crippen molar-refractivity contribution in [2.24, 2.45) is 0 Å². The van der Waals surface area contributed by atoms with Gasteiger partial charge >= 0.3 is 10.1 Å². The summed E-state index contributed by atoms with van der Waals surface area (Å²) < 4.78 is 93.3. The molecule has 0 bridgehead atoms. The van der Waals surface area contributed by atoms with Crippen molar-refractivity contribution in [1.82, 2.24) is 0 Å². The zero-order valence-corrected chi connectivity index (χ0v) is 15.5. The van der Waals surface area contributed by atoms with Crippen molar-refractivity contribution in [1.29, 1.82) is 0 Å². The Morgan fingerprint density at radius 1 is 1.08 bits per heavy atom. The first-order valence-corrected chi connectivity index (χ1v) is 9.09.